The fourth-order valence-electron chi connectivity index (χ4n) is 1.11. The first-order chi connectivity index (χ1) is 5.15. The fourth-order valence-corrected chi connectivity index (χ4v) is 1.11. The van der Waals surface area contributed by atoms with Crippen molar-refractivity contribution in [1.82, 2.24) is 0 Å². The molecule has 0 aromatic carbocycles. The average molecular weight is 157 g/mol. The van der Waals surface area contributed by atoms with Crippen LogP contribution in [0.25, 0.3) is 0 Å². The molecule has 0 saturated heterocycles. The molecule has 4 heteroatoms. The number of hydrogen-bond donors (Lipinski definition) is 1. The number of rotatable bonds is 2. The van der Waals surface area contributed by atoms with E-state index in [1.165, 1.54) is 0 Å². The minimum Gasteiger partial charge on any atom is -0.480 e. The fraction of sp³-hybridized carbons (Fsp3) is 0.714. The van der Waals surface area contributed by atoms with Crippen molar-refractivity contribution in [3.63, 3.8) is 0 Å². The summed E-state index contributed by atoms with van der Waals surface area (Å²) in [5.74, 6) is -0.432. The maximum absolute atomic E-state index is 10.5. The number of aliphatic imine (C=N–C) groups is 1. The van der Waals surface area contributed by atoms with E-state index in [1.54, 1.807) is 6.92 Å². The van der Waals surface area contributed by atoms with Crippen LogP contribution < -0.4 is 0 Å². The summed E-state index contributed by atoms with van der Waals surface area (Å²) in [5, 5.41) is 8.65. The van der Waals surface area contributed by atoms with Gasteiger partial charge in [-0.05, 0) is 6.42 Å². The number of ether oxygens (including phenoxy) is 1. The molecule has 0 aliphatic carbocycles. The predicted octanol–water partition coefficient (Wildman–Crippen LogP) is 0.667. The highest BCUT2D eigenvalue weighted by Gasteiger charge is 2.33. The van der Waals surface area contributed by atoms with Crippen LogP contribution in [0, 0.1) is 0 Å². The Balaban J connectivity index is 2.68. The van der Waals surface area contributed by atoms with Crippen LogP contribution in [0.3, 0.4) is 0 Å². The third kappa shape index (κ3) is 1.50. The minimum atomic E-state index is -0.909. The lowest BCUT2D eigenvalue weighted by molar-refractivity contribution is -0.140. The molecule has 1 heterocycles. The van der Waals surface area contributed by atoms with Crippen molar-refractivity contribution < 1.29 is 14.6 Å². The monoisotopic (exact) mass is 157 g/mol. The van der Waals surface area contributed by atoms with Gasteiger partial charge in [0.15, 0.2) is 11.9 Å². The number of carbonyl (C=O) groups is 1. The molecule has 0 amide bonds. The summed E-state index contributed by atoms with van der Waals surface area (Å²) in [6, 6.07) is -0.694. The first-order valence-corrected chi connectivity index (χ1v) is 3.59. The van der Waals surface area contributed by atoms with Gasteiger partial charge >= 0.3 is 5.97 Å². The zero-order valence-corrected chi connectivity index (χ0v) is 6.57. The number of hydrogen-bond acceptors (Lipinski definition) is 3. The van der Waals surface area contributed by atoms with Gasteiger partial charge in [0.25, 0.3) is 0 Å². The Kier molecular flexibility index (Phi) is 2.12. The maximum atomic E-state index is 10.5. The quantitative estimate of drug-likeness (QED) is 0.640. The normalized spacial score (nSPS) is 29.5. The van der Waals surface area contributed by atoms with Crippen LogP contribution in [-0.2, 0) is 9.53 Å². The van der Waals surface area contributed by atoms with Crippen LogP contribution in [0.15, 0.2) is 4.99 Å². The van der Waals surface area contributed by atoms with E-state index in [2.05, 4.69) is 4.99 Å². The van der Waals surface area contributed by atoms with Crippen molar-refractivity contribution in [1.29, 1.82) is 0 Å². The lowest BCUT2D eigenvalue weighted by atomic mass is 10.1. The van der Waals surface area contributed by atoms with E-state index in [-0.39, 0.29) is 6.10 Å². The topological polar surface area (TPSA) is 58.9 Å². The second kappa shape index (κ2) is 2.90. The molecule has 0 bridgehead atoms. The van der Waals surface area contributed by atoms with Crippen LogP contribution in [-0.4, -0.2) is 29.1 Å². The Morgan fingerprint density at radius 1 is 1.82 bits per heavy atom. The smallest absolute Gasteiger partial charge is 0.332 e. The Bertz CT molecular complexity index is 200. The second-order valence-electron chi connectivity index (χ2n) is 2.50. The Morgan fingerprint density at radius 3 is 2.82 bits per heavy atom. The molecule has 0 saturated carbocycles. The second-order valence-corrected chi connectivity index (χ2v) is 2.50. The maximum Gasteiger partial charge on any atom is 0.332 e. The van der Waals surface area contributed by atoms with Gasteiger partial charge in [0.1, 0.15) is 6.10 Å². The van der Waals surface area contributed by atoms with Gasteiger partial charge in [-0.3, -0.25) is 0 Å². The van der Waals surface area contributed by atoms with Gasteiger partial charge in [-0.2, -0.15) is 0 Å². The number of carboxylic acid groups (broad SMARTS) is 1. The van der Waals surface area contributed by atoms with Gasteiger partial charge in [0, 0.05) is 6.92 Å². The van der Waals surface area contributed by atoms with E-state index in [9.17, 15) is 4.79 Å². The molecule has 2 atom stereocenters. The molecular formula is C7H11NO3. The largest absolute Gasteiger partial charge is 0.480 e. The third-order valence-electron chi connectivity index (χ3n) is 1.65. The van der Waals surface area contributed by atoms with Crippen molar-refractivity contribution in [2.45, 2.75) is 32.4 Å². The van der Waals surface area contributed by atoms with Crippen molar-refractivity contribution in [3.05, 3.63) is 0 Å². The molecule has 1 rings (SSSR count). The summed E-state index contributed by atoms with van der Waals surface area (Å²) in [6.45, 7) is 3.56. The molecule has 1 N–H and O–H groups in total. The molecule has 0 radical (unpaired) electrons. The summed E-state index contributed by atoms with van der Waals surface area (Å²) in [7, 11) is 0. The van der Waals surface area contributed by atoms with Crippen LogP contribution in [0.2, 0.25) is 0 Å². The van der Waals surface area contributed by atoms with Gasteiger partial charge in [0.05, 0.1) is 0 Å². The van der Waals surface area contributed by atoms with E-state index in [4.69, 9.17) is 9.84 Å². The Hall–Kier alpha value is -1.06. The van der Waals surface area contributed by atoms with E-state index >= 15 is 0 Å². The van der Waals surface area contributed by atoms with E-state index in [0.717, 1.165) is 0 Å². The van der Waals surface area contributed by atoms with Crippen molar-refractivity contribution >= 4 is 11.9 Å². The lowest BCUT2D eigenvalue weighted by Gasteiger charge is -2.10. The van der Waals surface area contributed by atoms with Gasteiger partial charge in [0.2, 0.25) is 0 Å². The Morgan fingerprint density at radius 2 is 2.45 bits per heavy atom. The SMILES string of the molecule is CCC1OC(C)=NC1C(=O)O. The molecule has 11 heavy (non-hydrogen) atoms. The van der Waals surface area contributed by atoms with Crippen LogP contribution in [0.1, 0.15) is 20.3 Å². The van der Waals surface area contributed by atoms with Gasteiger partial charge in [-0.25, -0.2) is 9.79 Å². The molecule has 62 valence electrons. The predicted molar refractivity (Wildman–Crippen MR) is 39.7 cm³/mol. The zero-order chi connectivity index (χ0) is 8.43. The molecule has 0 aromatic heterocycles. The summed E-state index contributed by atoms with van der Waals surface area (Å²) < 4.78 is 5.15. The molecule has 2 unspecified atom stereocenters. The molecular weight excluding hydrogens is 146 g/mol. The van der Waals surface area contributed by atoms with Gasteiger partial charge < -0.3 is 9.84 Å². The molecule has 4 nitrogen and oxygen atoms in total. The highest BCUT2D eigenvalue weighted by Crippen LogP contribution is 2.16. The lowest BCUT2D eigenvalue weighted by Crippen LogP contribution is -2.29. The molecule has 0 spiro atoms. The number of carboxylic acids is 1. The number of nitrogens with zero attached hydrogens (tertiary/aromatic N) is 1. The summed E-state index contributed by atoms with van der Waals surface area (Å²) in [4.78, 5) is 14.4. The van der Waals surface area contributed by atoms with Crippen LogP contribution in [0.5, 0.6) is 0 Å². The van der Waals surface area contributed by atoms with E-state index in [0.29, 0.717) is 12.3 Å². The van der Waals surface area contributed by atoms with Crippen molar-refractivity contribution in [2.75, 3.05) is 0 Å². The summed E-state index contributed by atoms with van der Waals surface area (Å²) >= 11 is 0. The molecule has 1 aliphatic rings. The third-order valence-corrected chi connectivity index (χ3v) is 1.65. The highest BCUT2D eigenvalue weighted by atomic mass is 16.5. The van der Waals surface area contributed by atoms with Crippen molar-refractivity contribution in [2.24, 2.45) is 4.99 Å². The average Bonchev–Trinajstić information content (AvgIpc) is 2.30. The van der Waals surface area contributed by atoms with Crippen molar-refractivity contribution in [3.8, 4) is 0 Å². The highest BCUT2D eigenvalue weighted by molar-refractivity contribution is 5.84. The molecule has 1 aliphatic heterocycles. The first kappa shape index (κ1) is 8.04. The summed E-state index contributed by atoms with van der Waals surface area (Å²) in [5.41, 5.74) is 0. The molecule has 0 fully saturated rings. The Labute approximate surface area is 64.9 Å². The van der Waals surface area contributed by atoms with Crippen LogP contribution in [0.4, 0.5) is 0 Å². The first-order valence-electron chi connectivity index (χ1n) is 3.59. The molecule has 0 aromatic rings. The van der Waals surface area contributed by atoms with Gasteiger partial charge in [-0.1, -0.05) is 6.92 Å². The van der Waals surface area contributed by atoms with E-state index < -0.39 is 12.0 Å². The van der Waals surface area contributed by atoms with Gasteiger partial charge in [-0.15, -0.1) is 0 Å². The van der Waals surface area contributed by atoms with E-state index in [1.807, 2.05) is 6.92 Å². The summed E-state index contributed by atoms with van der Waals surface area (Å²) in [6.07, 6.45) is 0.408. The standard InChI is InChI=1S/C7H11NO3/c1-3-5-6(7(9)10)8-4(2)11-5/h5-6H,3H2,1-2H3,(H,9,10). The number of aliphatic carboxylic acids is 1. The zero-order valence-electron chi connectivity index (χ0n) is 6.57. The van der Waals surface area contributed by atoms with Crippen LogP contribution >= 0.6 is 0 Å². The minimum absolute atomic E-state index is 0.271.